The van der Waals surface area contributed by atoms with Gasteiger partial charge in [0.05, 0.1) is 17.2 Å². The van der Waals surface area contributed by atoms with Gasteiger partial charge in [-0.1, -0.05) is 19.1 Å². The molecule has 2 nitrogen and oxygen atoms in total. The van der Waals surface area contributed by atoms with Gasteiger partial charge in [-0.25, -0.2) is 0 Å². The smallest absolute Gasteiger partial charge is 1.00 e. The van der Waals surface area contributed by atoms with Gasteiger partial charge in [0.2, 0.25) is 0 Å². The van der Waals surface area contributed by atoms with Gasteiger partial charge >= 0.3 is 31.2 Å². The van der Waals surface area contributed by atoms with Crippen molar-refractivity contribution in [3.63, 3.8) is 0 Å². The van der Waals surface area contributed by atoms with Gasteiger partial charge in [0, 0.05) is 5.56 Å². The number of carbonyl (C=O) groups is 1. The first-order chi connectivity index (χ1) is 13.3. The molecule has 0 N–H and O–H groups in total. The summed E-state index contributed by atoms with van der Waals surface area (Å²) in [5.74, 6) is 0.518. The molecule has 0 aromatic heterocycles. The van der Waals surface area contributed by atoms with Gasteiger partial charge in [-0.05, 0) is 64.0 Å². The molecule has 0 aliphatic heterocycles. The van der Waals surface area contributed by atoms with E-state index < -0.39 is 43.1 Å². The van der Waals surface area contributed by atoms with E-state index in [1.54, 1.807) is 19.1 Å². The van der Waals surface area contributed by atoms with Crippen LogP contribution in [0.5, 0.6) is 5.75 Å². The molecule has 2 rings (SSSR count). The summed E-state index contributed by atoms with van der Waals surface area (Å²) in [5.41, 5.74) is -5.18. The van der Waals surface area contributed by atoms with Gasteiger partial charge < -0.3 is 6.16 Å². The van der Waals surface area contributed by atoms with Crippen molar-refractivity contribution in [2.75, 3.05) is 0 Å². The van der Waals surface area contributed by atoms with Gasteiger partial charge in [-0.3, -0.25) is 4.79 Å². The van der Waals surface area contributed by atoms with E-state index in [4.69, 9.17) is 4.74 Å². The van der Waals surface area contributed by atoms with E-state index in [9.17, 15) is 31.1 Å². The molecule has 0 saturated heterocycles. The van der Waals surface area contributed by atoms with Crippen molar-refractivity contribution in [3.8, 4) is 5.75 Å². The molecule has 0 spiro atoms. The van der Waals surface area contributed by atoms with Crippen LogP contribution >= 0.6 is 8.58 Å². The molecule has 0 aliphatic rings. The number of aryl methyl sites for hydroxylation is 1. The predicted molar refractivity (Wildman–Crippen MR) is 101 cm³/mol. The molecule has 2 aromatic rings. The topological polar surface area (TPSA) is 26.3 Å². The quantitative estimate of drug-likeness (QED) is 0.388. The molecule has 0 saturated carbocycles. The van der Waals surface area contributed by atoms with Crippen LogP contribution in [0.4, 0.5) is 26.3 Å². The van der Waals surface area contributed by atoms with E-state index in [0.717, 1.165) is 6.42 Å². The SMILES string of the molecule is CCC(C)Oc1ccc(PC(=O)c2c(C(F)(F)F)cccc2C(F)(F)F)c(C)c1.[H-].[Li+]. The number of carbonyl (C=O) groups excluding carboxylic acids is 1. The molecule has 2 unspecified atom stereocenters. The van der Waals surface area contributed by atoms with Crippen molar-refractivity contribution in [3.05, 3.63) is 58.7 Å². The van der Waals surface area contributed by atoms with Crippen LogP contribution in [0.15, 0.2) is 36.4 Å². The van der Waals surface area contributed by atoms with Crippen molar-refractivity contribution in [2.45, 2.75) is 45.6 Å². The van der Waals surface area contributed by atoms with E-state index in [1.165, 1.54) is 6.07 Å². The molecule has 2 atom stereocenters. The zero-order chi connectivity index (χ0) is 22.0. The Balaban J connectivity index is 0.00000450. The Labute approximate surface area is 185 Å². The second-order valence-electron chi connectivity index (χ2n) is 6.49. The monoisotopic (exact) mass is 444 g/mol. The first-order valence-electron chi connectivity index (χ1n) is 8.70. The van der Waals surface area contributed by atoms with Crippen LogP contribution < -0.4 is 28.9 Å². The number of hydrogen-bond acceptors (Lipinski definition) is 2. The fraction of sp³-hybridized carbons (Fsp3) is 0.350. The normalized spacial score (nSPS) is 13.2. The average Bonchev–Trinajstić information content (AvgIpc) is 2.61. The molecule has 0 amide bonds. The summed E-state index contributed by atoms with van der Waals surface area (Å²) in [6, 6.07) is 6.29. The Morgan fingerprint density at radius 1 is 1.07 bits per heavy atom. The summed E-state index contributed by atoms with van der Waals surface area (Å²) in [4.78, 5) is 12.6. The van der Waals surface area contributed by atoms with Crippen LogP contribution in [0.1, 0.15) is 48.7 Å². The van der Waals surface area contributed by atoms with Gasteiger partial charge in [0.25, 0.3) is 0 Å². The number of ether oxygens (including phenoxy) is 1. The van der Waals surface area contributed by atoms with Crippen molar-refractivity contribution in [1.82, 2.24) is 0 Å². The molecular weight excluding hydrogens is 424 g/mol. The molecule has 0 fully saturated rings. The van der Waals surface area contributed by atoms with E-state index in [1.807, 2.05) is 13.8 Å². The number of alkyl halides is 6. The van der Waals surface area contributed by atoms with Gasteiger partial charge in [0.1, 0.15) is 5.75 Å². The maximum atomic E-state index is 13.3. The van der Waals surface area contributed by atoms with Crippen molar-refractivity contribution >= 4 is 19.4 Å². The molecule has 0 radical (unpaired) electrons. The fourth-order valence-corrected chi connectivity index (χ4v) is 3.69. The van der Waals surface area contributed by atoms with E-state index in [2.05, 4.69) is 0 Å². The average molecular weight is 444 g/mol. The first kappa shape index (κ1) is 26.6. The summed E-state index contributed by atoms with van der Waals surface area (Å²) < 4.78 is 85.3. The van der Waals surface area contributed by atoms with Crippen molar-refractivity contribution < 1.29 is 56.2 Å². The second-order valence-corrected chi connectivity index (χ2v) is 7.73. The predicted octanol–water partition coefficient (Wildman–Crippen LogP) is 3.47. The van der Waals surface area contributed by atoms with Crippen LogP contribution in [-0.2, 0) is 12.4 Å². The molecule has 10 heteroatoms. The Kier molecular flexibility index (Phi) is 9.04. The standard InChI is InChI=1S/C20H19F6O2P.Li.H/c1-4-12(3)28-13-8-9-16(11(2)10-13)29-18(27)17-14(19(21,22)23)6-5-7-15(17)20(24,25)26;;/h5-10,12,29H,4H2,1-3H3;;/q;+1;-1. The first-order valence-corrected chi connectivity index (χ1v) is 9.70. The number of halogens is 6. The van der Waals surface area contributed by atoms with Gasteiger partial charge in [-0.15, -0.1) is 0 Å². The van der Waals surface area contributed by atoms with Crippen LogP contribution in [0.2, 0.25) is 0 Å². The molecule has 160 valence electrons. The third-order valence-corrected chi connectivity index (χ3v) is 5.57. The summed E-state index contributed by atoms with van der Waals surface area (Å²) in [7, 11) is -0.896. The largest absolute Gasteiger partial charge is 1.00 e. The molecule has 30 heavy (non-hydrogen) atoms. The maximum Gasteiger partial charge on any atom is 1.00 e. The Bertz CT molecular complexity index is 870. The minimum Gasteiger partial charge on any atom is -1.00 e. The molecule has 0 aliphatic carbocycles. The Hall–Kier alpha value is -1.48. The van der Waals surface area contributed by atoms with Crippen LogP contribution in [-0.4, -0.2) is 11.6 Å². The van der Waals surface area contributed by atoms with E-state index in [0.29, 0.717) is 34.8 Å². The van der Waals surface area contributed by atoms with Crippen molar-refractivity contribution in [2.24, 2.45) is 0 Å². The third-order valence-electron chi connectivity index (χ3n) is 4.26. The third kappa shape index (κ3) is 6.51. The molecule has 2 aromatic carbocycles. The van der Waals surface area contributed by atoms with Crippen LogP contribution in [0.25, 0.3) is 0 Å². The molecule has 0 heterocycles. The summed E-state index contributed by atoms with van der Waals surface area (Å²) in [5, 5.41) is 0.358. The maximum absolute atomic E-state index is 13.3. The summed E-state index contributed by atoms with van der Waals surface area (Å²) >= 11 is 0. The molecule has 0 bridgehead atoms. The fourth-order valence-electron chi connectivity index (χ4n) is 2.62. The van der Waals surface area contributed by atoms with E-state index >= 15 is 0 Å². The van der Waals surface area contributed by atoms with Gasteiger partial charge in [0.15, 0.2) is 5.52 Å². The van der Waals surface area contributed by atoms with E-state index in [-0.39, 0.29) is 26.4 Å². The molecular formula is C20H20F6LiO2P. The van der Waals surface area contributed by atoms with Crippen molar-refractivity contribution in [1.29, 1.82) is 0 Å². The van der Waals surface area contributed by atoms with Gasteiger partial charge in [-0.2, -0.15) is 26.3 Å². The minimum atomic E-state index is -5.08. The summed E-state index contributed by atoms with van der Waals surface area (Å²) in [6.07, 6.45) is -9.47. The second kappa shape index (κ2) is 10.2. The van der Waals surface area contributed by atoms with Crippen LogP contribution in [0.3, 0.4) is 0 Å². The minimum absolute atomic E-state index is 0. The number of benzene rings is 2. The zero-order valence-electron chi connectivity index (χ0n) is 17.8. The summed E-state index contributed by atoms with van der Waals surface area (Å²) in [6.45, 7) is 5.42. The number of rotatable bonds is 6. The Morgan fingerprint density at radius 2 is 1.60 bits per heavy atom. The zero-order valence-corrected chi connectivity index (χ0v) is 17.8. The van der Waals surface area contributed by atoms with Crippen LogP contribution in [0, 0.1) is 6.92 Å². The number of hydrogen-bond donors (Lipinski definition) is 0. The Morgan fingerprint density at radius 3 is 2.03 bits per heavy atom.